The fourth-order valence-corrected chi connectivity index (χ4v) is 1.80. The van der Waals surface area contributed by atoms with E-state index in [0.717, 1.165) is 5.56 Å². The van der Waals surface area contributed by atoms with Gasteiger partial charge >= 0.3 is 5.97 Å². The van der Waals surface area contributed by atoms with Crippen molar-refractivity contribution in [2.24, 2.45) is 0 Å². The number of hydroxylamine groups is 2. The standard InChI is InChI=1S/C13H13NO5/c1-8-7-9(3-4-10(8)18-2)13(17)19-14-11(15)5-6-12(14)16/h3-4,7H,5-6H2,1-2H3. The number of carbonyl (C=O) groups excluding carboxylic acids is 3. The van der Waals surface area contributed by atoms with E-state index in [4.69, 9.17) is 9.57 Å². The first kappa shape index (κ1) is 13.1. The van der Waals surface area contributed by atoms with Crippen molar-refractivity contribution in [3.63, 3.8) is 0 Å². The smallest absolute Gasteiger partial charge is 0.363 e. The summed E-state index contributed by atoms with van der Waals surface area (Å²) in [6.07, 6.45) is 0.154. The minimum absolute atomic E-state index is 0.0771. The summed E-state index contributed by atoms with van der Waals surface area (Å²) in [4.78, 5) is 39.3. The van der Waals surface area contributed by atoms with Crippen molar-refractivity contribution in [2.75, 3.05) is 7.11 Å². The Kier molecular flexibility index (Phi) is 3.50. The van der Waals surface area contributed by atoms with Crippen LogP contribution in [0.2, 0.25) is 0 Å². The molecule has 0 saturated carbocycles. The molecule has 1 aromatic carbocycles. The molecule has 1 heterocycles. The van der Waals surface area contributed by atoms with E-state index < -0.39 is 17.8 Å². The molecule has 0 N–H and O–H groups in total. The number of hydrogen-bond acceptors (Lipinski definition) is 5. The van der Waals surface area contributed by atoms with E-state index in [0.29, 0.717) is 10.8 Å². The van der Waals surface area contributed by atoms with E-state index in [-0.39, 0.29) is 18.4 Å². The highest BCUT2D eigenvalue weighted by Crippen LogP contribution is 2.20. The molecular weight excluding hydrogens is 250 g/mol. The highest BCUT2D eigenvalue weighted by atomic mass is 16.7. The van der Waals surface area contributed by atoms with Crippen molar-refractivity contribution >= 4 is 17.8 Å². The summed E-state index contributed by atoms with van der Waals surface area (Å²) in [5.41, 5.74) is 1.02. The minimum atomic E-state index is -0.741. The van der Waals surface area contributed by atoms with Crippen LogP contribution in [0, 0.1) is 6.92 Å². The van der Waals surface area contributed by atoms with Crippen molar-refractivity contribution in [1.29, 1.82) is 0 Å². The molecule has 6 nitrogen and oxygen atoms in total. The first-order valence-electron chi connectivity index (χ1n) is 5.75. The summed E-state index contributed by atoms with van der Waals surface area (Å²) in [5.74, 6) is -1.09. The Morgan fingerprint density at radius 3 is 2.37 bits per heavy atom. The fourth-order valence-electron chi connectivity index (χ4n) is 1.80. The van der Waals surface area contributed by atoms with Crippen LogP contribution in [0.15, 0.2) is 18.2 Å². The van der Waals surface area contributed by atoms with E-state index in [9.17, 15) is 14.4 Å². The van der Waals surface area contributed by atoms with E-state index in [1.54, 1.807) is 19.1 Å². The molecule has 6 heteroatoms. The maximum absolute atomic E-state index is 11.8. The van der Waals surface area contributed by atoms with Crippen LogP contribution < -0.4 is 4.74 Å². The third-order valence-electron chi connectivity index (χ3n) is 2.81. The van der Waals surface area contributed by atoms with Crippen molar-refractivity contribution in [1.82, 2.24) is 5.06 Å². The molecule has 1 saturated heterocycles. The van der Waals surface area contributed by atoms with Gasteiger partial charge < -0.3 is 9.57 Å². The number of nitrogens with zero attached hydrogens (tertiary/aromatic N) is 1. The van der Waals surface area contributed by atoms with Crippen molar-refractivity contribution in [3.05, 3.63) is 29.3 Å². The van der Waals surface area contributed by atoms with Gasteiger partial charge in [0.05, 0.1) is 12.7 Å². The molecule has 2 amide bonds. The zero-order valence-electron chi connectivity index (χ0n) is 10.6. The van der Waals surface area contributed by atoms with E-state index in [1.807, 2.05) is 0 Å². The summed E-state index contributed by atoms with van der Waals surface area (Å²) in [5, 5.41) is 0.530. The van der Waals surface area contributed by atoms with Crippen LogP contribution in [0.4, 0.5) is 0 Å². The molecule has 0 radical (unpaired) electrons. The topological polar surface area (TPSA) is 72.9 Å². The lowest BCUT2D eigenvalue weighted by molar-refractivity contribution is -0.172. The number of rotatable bonds is 3. The third-order valence-corrected chi connectivity index (χ3v) is 2.81. The molecule has 100 valence electrons. The lowest BCUT2D eigenvalue weighted by Crippen LogP contribution is -2.32. The first-order chi connectivity index (χ1) is 9.02. The van der Waals surface area contributed by atoms with Crippen LogP contribution in [-0.2, 0) is 14.4 Å². The lowest BCUT2D eigenvalue weighted by atomic mass is 10.1. The number of ether oxygens (including phenoxy) is 1. The molecule has 2 rings (SSSR count). The number of hydrogen-bond donors (Lipinski definition) is 0. The monoisotopic (exact) mass is 263 g/mol. The second kappa shape index (κ2) is 5.09. The van der Waals surface area contributed by atoms with E-state index >= 15 is 0 Å². The minimum Gasteiger partial charge on any atom is -0.496 e. The highest BCUT2D eigenvalue weighted by Gasteiger charge is 2.33. The van der Waals surface area contributed by atoms with Crippen LogP contribution in [0.3, 0.4) is 0 Å². The average Bonchev–Trinajstić information content (AvgIpc) is 2.70. The quantitative estimate of drug-likeness (QED) is 0.767. The van der Waals surface area contributed by atoms with Gasteiger partial charge in [-0.05, 0) is 30.7 Å². The number of carbonyl (C=O) groups is 3. The van der Waals surface area contributed by atoms with Crippen LogP contribution in [-0.4, -0.2) is 30.0 Å². The van der Waals surface area contributed by atoms with Gasteiger partial charge in [0.1, 0.15) is 5.75 Å². The SMILES string of the molecule is COc1ccc(C(=O)ON2C(=O)CCC2=O)cc1C. The molecule has 1 aliphatic heterocycles. The van der Waals surface area contributed by atoms with Gasteiger partial charge in [0.2, 0.25) is 0 Å². The molecule has 0 bridgehead atoms. The molecule has 0 aliphatic carbocycles. The van der Waals surface area contributed by atoms with Gasteiger partial charge in [0, 0.05) is 12.8 Å². The summed E-state index contributed by atoms with van der Waals surface area (Å²) < 4.78 is 5.08. The highest BCUT2D eigenvalue weighted by molar-refractivity contribution is 6.02. The van der Waals surface area contributed by atoms with E-state index in [2.05, 4.69) is 0 Å². The third kappa shape index (κ3) is 2.57. The zero-order valence-corrected chi connectivity index (χ0v) is 10.6. The predicted octanol–water partition coefficient (Wildman–Crippen LogP) is 1.22. The Bertz CT molecular complexity index is 536. The molecule has 0 atom stereocenters. The number of benzene rings is 1. The summed E-state index contributed by atoms with van der Waals surface area (Å²) in [7, 11) is 1.53. The lowest BCUT2D eigenvalue weighted by Gasteiger charge is -2.13. The largest absolute Gasteiger partial charge is 0.496 e. The Hall–Kier alpha value is -2.37. The summed E-state index contributed by atoms with van der Waals surface area (Å²) in [6, 6.07) is 4.71. The number of methoxy groups -OCH3 is 1. The van der Waals surface area contributed by atoms with Crippen molar-refractivity contribution in [3.8, 4) is 5.75 Å². The normalized spacial score (nSPS) is 14.7. The van der Waals surface area contributed by atoms with Gasteiger partial charge in [-0.15, -0.1) is 5.06 Å². The summed E-state index contributed by atoms with van der Waals surface area (Å²) in [6.45, 7) is 1.78. The molecule has 1 aliphatic rings. The second-order valence-electron chi connectivity index (χ2n) is 4.14. The summed E-state index contributed by atoms with van der Waals surface area (Å²) >= 11 is 0. The predicted molar refractivity (Wildman–Crippen MR) is 64.2 cm³/mol. The Morgan fingerprint density at radius 2 is 1.84 bits per heavy atom. The number of aryl methyl sites for hydroxylation is 1. The van der Waals surface area contributed by atoms with Crippen LogP contribution in [0.25, 0.3) is 0 Å². The van der Waals surface area contributed by atoms with Crippen LogP contribution in [0.1, 0.15) is 28.8 Å². The Balaban J connectivity index is 2.14. The van der Waals surface area contributed by atoms with E-state index in [1.165, 1.54) is 13.2 Å². The first-order valence-corrected chi connectivity index (χ1v) is 5.75. The van der Waals surface area contributed by atoms with Crippen LogP contribution in [0.5, 0.6) is 5.75 Å². The Morgan fingerprint density at radius 1 is 1.21 bits per heavy atom. The molecule has 1 aromatic rings. The maximum atomic E-state index is 11.8. The number of imide groups is 1. The second-order valence-corrected chi connectivity index (χ2v) is 4.14. The fraction of sp³-hybridized carbons (Fsp3) is 0.308. The molecule has 19 heavy (non-hydrogen) atoms. The molecule has 1 fully saturated rings. The van der Waals surface area contributed by atoms with Gasteiger partial charge in [0.15, 0.2) is 0 Å². The van der Waals surface area contributed by atoms with Crippen molar-refractivity contribution in [2.45, 2.75) is 19.8 Å². The zero-order chi connectivity index (χ0) is 14.0. The molecule has 0 unspecified atom stereocenters. The van der Waals surface area contributed by atoms with Gasteiger partial charge in [-0.2, -0.15) is 0 Å². The maximum Gasteiger partial charge on any atom is 0.363 e. The van der Waals surface area contributed by atoms with Gasteiger partial charge in [-0.25, -0.2) is 4.79 Å². The molecular formula is C13H13NO5. The Labute approximate surface area is 109 Å². The van der Waals surface area contributed by atoms with Crippen molar-refractivity contribution < 1.29 is 24.0 Å². The number of amides is 2. The van der Waals surface area contributed by atoms with Gasteiger partial charge in [-0.3, -0.25) is 9.59 Å². The van der Waals surface area contributed by atoms with Gasteiger partial charge in [0.25, 0.3) is 11.8 Å². The molecule has 0 aromatic heterocycles. The average molecular weight is 263 g/mol. The molecule has 0 spiro atoms. The van der Waals surface area contributed by atoms with Gasteiger partial charge in [-0.1, -0.05) is 0 Å². The van der Waals surface area contributed by atoms with Crippen LogP contribution >= 0.6 is 0 Å².